The average Bonchev–Trinajstić information content (AvgIpc) is 2.08. The largest absolute Gasteiger partial charge is 0.373 e. The van der Waals surface area contributed by atoms with Crippen LogP contribution in [0.4, 0.5) is 0 Å². The van der Waals surface area contributed by atoms with E-state index in [0.29, 0.717) is 5.02 Å². The molecule has 0 saturated heterocycles. The molecule has 1 aromatic rings. The maximum Gasteiger partial charge on any atom is 0.156 e. The van der Waals surface area contributed by atoms with Crippen LogP contribution in [0.25, 0.3) is 0 Å². The molecule has 1 rings (SSSR count). The summed E-state index contributed by atoms with van der Waals surface area (Å²) in [5, 5.41) is 8.84. The van der Waals surface area contributed by atoms with E-state index in [9.17, 15) is 5.11 Å². The topological polar surface area (TPSA) is 58.3 Å². The van der Waals surface area contributed by atoms with Gasteiger partial charge < -0.3 is 5.11 Å². The Kier molecular flexibility index (Phi) is 4.16. The van der Waals surface area contributed by atoms with Gasteiger partial charge in [0.2, 0.25) is 0 Å². The molecule has 0 saturated carbocycles. The molecule has 0 aliphatic carbocycles. The van der Waals surface area contributed by atoms with Crippen LogP contribution < -0.4 is 11.3 Å². The molecule has 78 valence electrons. The van der Waals surface area contributed by atoms with Crippen LogP contribution >= 0.6 is 23.2 Å². The van der Waals surface area contributed by atoms with E-state index >= 15 is 0 Å². The average molecular weight is 235 g/mol. The lowest BCUT2D eigenvalue weighted by molar-refractivity contribution is 0.127. The number of alkyl halides is 1. The lowest BCUT2D eigenvalue weighted by Crippen LogP contribution is -2.40. The first-order valence-corrected chi connectivity index (χ1v) is 4.89. The fourth-order valence-corrected chi connectivity index (χ4v) is 1.58. The second kappa shape index (κ2) is 4.96. The third-order valence-corrected chi connectivity index (χ3v) is 2.43. The highest BCUT2D eigenvalue weighted by atomic mass is 35.5. The molecule has 4 N–H and O–H groups in total. The predicted octanol–water partition coefficient (Wildman–Crippen LogP) is 1.27. The molecule has 5 heteroatoms. The fourth-order valence-electron chi connectivity index (χ4n) is 1.15. The molecule has 0 radical (unpaired) electrons. The summed E-state index contributed by atoms with van der Waals surface area (Å²) >= 11 is 11.7. The Hall–Kier alpha value is -0.320. The van der Waals surface area contributed by atoms with E-state index in [1.165, 1.54) is 0 Å². The first kappa shape index (κ1) is 11.8. The molecule has 0 amide bonds. The van der Waals surface area contributed by atoms with E-state index in [2.05, 4.69) is 5.43 Å². The van der Waals surface area contributed by atoms with E-state index in [-0.39, 0.29) is 13.0 Å². The first-order chi connectivity index (χ1) is 6.55. The van der Waals surface area contributed by atoms with Crippen LogP contribution in [0.3, 0.4) is 0 Å². The number of hydrogen-bond acceptors (Lipinski definition) is 3. The van der Waals surface area contributed by atoms with Gasteiger partial charge in [0.25, 0.3) is 0 Å². The zero-order chi connectivity index (χ0) is 10.6. The lowest BCUT2D eigenvalue weighted by atomic mass is 10.1. The molecule has 0 fully saturated rings. The van der Waals surface area contributed by atoms with Gasteiger partial charge in [-0.2, -0.15) is 0 Å². The minimum absolute atomic E-state index is 0.0970. The summed E-state index contributed by atoms with van der Waals surface area (Å²) in [6.07, 6.45) is 0.248. The zero-order valence-corrected chi connectivity index (χ0v) is 9.02. The normalized spacial score (nSPS) is 15.1. The van der Waals surface area contributed by atoms with E-state index < -0.39 is 5.06 Å². The minimum atomic E-state index is -1.40. The van der Waals surface area contributed by atoms with Gasteiger partial charge in [-0.15, -0.1) is 0 Å². The highest BCUT2D eigenvalue weighted by molar-refractivity contribution is 6.31. The van der Waals surface area contributed by atoms with Crippen LogP contribution in [0.2, 0.25) is 5.02 Å². The number of nitrogens with one attached hydrogen (secondary N) is 1. The summed E-state index contributed by atoms with van der Waals surface area (Å²) in [7, 11) is 0. The van der Waals surface area contributed by atoms with Crippen molar-refractivity contribution in [2.24, 2.45) is 5.84 Å². The van der Waals surface area contributed by atoms with Gasteiger partial charge in [0.1, 0.15) is 0 Å². The molecular weight excluding hydrogens is 223 g/mol. The van der Waals surface area contributed by atoms with Crippen LogP contribution in [-0.2, 0) is 6.42 Å². The van der Waals surface area contributed by atoms with Crippen LogP contribution in [0.1, 0.15) is 5.56 Å². The highest BCUT2D eigenvalue weighted by Gasteiger charge is 2.23. The van der Waals surface area contributed by atoms with Crippen LogP contribution in [-0.4, -0.2) is 16.7 Å². The minimum Gasteiger partial charge on any atom is -0.373 e. The van der Waals surface area contributed by atoms with Crippen LogP contribution in [0, 0.1) is 0 Å². The van der Waals surface area contributed by atoms with Crippen molar-refractivity contribution in [3.63, 3.8) is 0 Å². The molecule has 0 aromatic heterocycles. The second-order valence-corrected chi connectivity index (χ2v) is 4.18. The molecular formula is C9H12Cl2N2O. The number of hydrogen-bond donors (Lipinski definition) is 3. The standard InChI is InChI=1S/C9H12Cl2N2O/c10-8-4-2-1-3-7(8)5-9(11,14)6-13-12/h1-4,13-14H,5-6,12H2. The van der Waals surface area contributed by atoms with Gasteiger partial charge >= 0.3 is 0 Å². The molecule has 1 aromatic carbocycles. The number of rotatable bonds is 4. The van der Waals surface area contributed by atoms with Gasteiger partial charge in [0, 0.05) is 11.4 Å². The molecule has 1 unspecified atom stereocenters. The van der Waals surface area contributed by atoms with Crippen molar-refractivity contribution in [1.29, 1.82) is 0 Å². The number of hydrazine groups is 1. The van der Waals surface area contributed by atoms with Crippen molar-refractivity contribution in [2.45, 2.75) is 11.5 Å². The quantitative estimate of drug-likeness (QED) is 0.418. The van der Waals surface area contributed by atoms with Gasteiger partial charge in [-0.05, 0) is 11.6 Å². The Balaban J connectivity index is 2.73. The lowest BCUT2D eigenvalue weighted by Gasteiger charge is -2.20. The van der Waals surface area contributed by atoms with Crippen molar-refractivity contribution in [2.75, 3.05) is 6.54 Å². The van der Waals surface area contributed by atoms with Crippen molar-refractivity contribution >= 4 is 23.2 Å². The van der Waals surface area contributed by atoms with Gasteiger partial charge in [-0.1, -0.05) is 41.4 Å². The van der Waals surface area contributed by atoms with Crippen molar-refractivity contribution in [3.8, 4) is 0 Å². The smallest absolute Gasteiger partial charge is 0.156 e. The van der Waals surface area contributed by atoms with Crippen LogP contribution in [0.5, 0.6) is 0 Å². The van der Waals surface area contributed by atoms with Gasteiger partial charge in [-0.3, -0.25) is 11.3 Å². The summed E-state index contributed by atoms with van der Waals surface area (Å²) in [5.41, 5.74) is 3.12. The summed E-state index contributed by atoms with van der Waals surface area (Å²) in [6, 6.07) is 7.22. The van der Waals surface area contributed by atoms with Crippen molar-refractivity contribution in [1.82, 2.24) is 5.43 Å². The highest BCUT2D eigenvalue weighted by Crippen LogP contribution is 2.22. The SMILES string of the molecule is NNCC(O)(Cl)Cc1ccccc1Cl. The van der Waals surface area contributed by atoms with Gasteiger partial charge in [0.15, 0.2) is 5.06 Å². The third-order valence-electron chi connectivity index (χ3n) is 1.79. The first-order valence-electron chi connectivity index (χ1n) is 4.13. The summed E-state index contributed by atoms with van der Waals surface area (Å²) in [6.45, 7) is 0.0970. The van der Waals surface area contributed by atoms with E-state index in [1.807, 2.05) is 18.2 Å². The second-order valence-electron chi connectivity index (χ2n) is 3.07. The van der Waals surface area contributed by atoms with Crippen molar-refractivity contribution in [3.05, 3.63) is 34.9 Å². The predicted molar refractivity (Wildman–Crippen MR) is 58.1 cm³/mol. The number of nitrogens with two attached hydrogens (primary N) is 1. The van der Waals surface area contributed by atoms with Crippen molar-refractivity contribution < 1.29 is 5.11 Å². The maximum atomic E-state index is 9.66. The third kappa shape index (κ3) is 3.44. The fraction of sp³-hybridized carbons (Fsp3) is 0.333. The number of benzene rings is 1. The zero-order valence-electron chi connectivity index (χ0n) is 7.50. The Morgan fingerprint density at radius 1 is 1.43 bits per heavy atom. The number of aliphatic hydroxyl groups is 1. The van der Waals surface area contributed by atoms with E-state index in [4.69, 9.17) is 29.0 Å². The van der Waals surface area contributed by atoms with Crippen LogP contribution in [0.15, 0.2) is 24.3 Å². The Morgan fingerprint density at radius 3 is 2.64 bits per heavy atom. The monoisotopic (exact) mass is 234 g/mol. The van der Waals surface area contributed by atoms with Gasteiger partial charge in [-0.25, -0.2) is 0 Å². The molecule has 0 bridgehead atoms. The summed E-state index contributed by atoms with van der Waals surface area (Å²) < 4.78 is 0. The molecule has 1 atom stereocenters. The molecule has 0 aliphatic rings. The maximum absolute atomic E-state index is 9.66. The van der Waals surface area contributed by atoms with Gasteiger partial charge in [0.05, 0.1) is 6.54 Å². The summed E-state index contributed by atoms with van der Waals surface area (Å²) in [4.78, 5) is 0. The molecule has 0 heterocycles. The molecule has 14 heavy (non-hydrogen) atoms. The Labute approximate surface area is 92.8 Å². The van der Waals surface area contributed by atoms with E-state index in [0.717, 1.165) is 5.56 Å². The summed E-state index contributed by atoms with van der Waals surface area (Å²) in [5.74, 6) is 5.08. The molecule has 3 nitrogen and oxygen atoms in total. The Bertz CT molecular complexity index is 305. The van der Waals surface area contributed by atoms with E-state index in [1.54, 1.807) is 6.07 Å². The number of halogens is 2. The molecule has 0 spiro atoms. The Morgan fingerprint density at radius 2 is 2.07 bits per heavy atom. The molecule has 0 aliphatic heterocycles.